The molecule has 0 radical (unpaired) electrons. The molecule has 3 nitrogen and oxygen atoms in total. The third-order valence-electron chi connectivity index (χ3n) is 4.04. The van der Waals surface area contributed by atoms with Crippen LogP contribution in [0.25, 0.3) is 0 Å². The number of benzene rings is 1. The number of hydrogen-bond donors (Lipinski definition) is 2. The van der Waals surface area contributed by atoms with Crippen LogP contribution in [-0.4, -0.2) is 40.9 Å². The van der Waals surface area contributed by atoms with Gasteiger partial charge in [0.2, 0.25) is 0 Å². The van der Waals surface area contributed by atoms with Gasteiger partial charge in [0.25, 0.3) is 0 Å². The van der Waals surface area contributed by atoms with E-state index >= 15 is 0 Å². The largest absolute Gasteiger partial charge is 0.395 e. The SMILES string of the molecule is OCCC#Cc1ccc(CN(CCO)C2CCCC2)cc1. The van der Waals surface area contributed by atoms with Gasteiger partial charge in [0.15, 0.2) is 0 Å². The highest BCUT2D eigenvalue weighted by atomic mass is 16.3. The molecule has 21 heavy (non-hydrogen) atoms. The second-order valence-electron chi connectivity index (χ2n) is 5.60. The highest BCUT2D eigenvalue weighted by Crippen LogP contribution is 2.24. The van der Waals surface area contributed by atoms with Gasteiger partial charge in [0.05, 0.1) is 13.2 Å². The molecular formula is C18H25NO2. The molecule has 0 aromatic heterocycles. The molecule has 1 aliphatic rings. The minimum atomic E-state index is 0.114. The maximum Gasteiger partial charge on any atom is 0.0558 e. The quantitative estimate of drug-likeness (QED) is 0.788. The fraction of sp³-hybridized carbons (Fsp3) is 0.556. The summed E-state index contributed by atoms with van der Waals surface area (Å²) in [5.41, 5.74) is 2.25. The summed E-state index contributed by atoms with van der Waals surface area (Å²) < 4.78 is 0. The van der Waals surface area contributed by atoms with E-state index in [-0.39, 0.29) is 13.2 Å². The van der Waals surface area contributed by atoms with Gasteiger partial charge in [-0.05, 0) is 30.5 Å². The Morgan fingerprint density at radius 2 is 1.76 bits per heavy atom. The molecule has 0 amide bonds. The zero-order valence-corrected chi connectivity index (χ0v) is 12.6. The smallest absolute Gasteiger partial charge is 0.0558 e. The second kappa shape index (κ2) is 8.84. The molecule has 0 atom stereocenters. The molecule has 0 spiro atoms. The van der Waals surface area contributed by atoms with Crippen LogP contribution in [0, 0.1) is 11.8 Å². The summed E-state index contributed by atoms with van der Waals surface area (Å²) in [5, 5.41) is 18.0. The van der Waals surface area contributed by atoms with Crippen LogP contribution >= 0.6 is 0 Å². The molecule has 1 aliphatic carbocycles. The molecule has 1 fully saturated rings. The standard InChI is InChI=1S/C18H25NO2/c20-13-4-3-5-16-8-10-17(11-9-16)15-19(12-14-21)18-6-1-2-7-18/h8-11,18,20-21H,1-2,4,6-7,12-15H2. The van der Waals surface area contributed by atoms with Gasteiger partial charge in [-0.15, -0.1) is 0 Å². The van der Waals surface area contributed by atoms with E-state index in [1.54, 1.807) is 0 Å². The fourth-order valence-corrected chi connectivity index (χ4v) is 2.94. The third kappa shape index (κ3) is 5.17. The normalized spacial score (nSPS) is 15.2. The number of aliphatic hydroxyl groups is 2. The zero-order chi connectivity index (χ0) is 14.9. The first-order chi connectivity index (χ1) is 10.3. The van der Waals surface area contributed by atoms with E-state index in [9.17, 15) is 5.11 Å². The van der Waals surface area contributed by atoms with Crippen molar-refractivity contribution in [2.75, 3.05) is 19.8 Å². The summed E-state index contributed by atoms with van der Waals surface area (Å²) in [4.78, 5) is 2.40. The molecule has 2 rings (SSSR count). The van der Waals surface area contributed by atoms with Gasteiger partial charge in [-0.25, -0.2) is 0 Å². The van der Waals surface area contributed by atoms with E-state index in [0.717, 1.165) is 18.7 Å². The fourth-order valence-electron chi connectivity index (χ4n) is 2.94. The average molecular weight is 287 g/mol. The van der Waals surface area contributed by atoms with Gasteiger partial charge in [-0.2, -0.15) is 0 Å². The van der Waals surface area contributed by atoms with Crippen LogP contribution in [0.5, 0.6) is 0 Å². The summed E-state index contributed by atoms with van der Waals surface area (Å²) in [6, 6.07) is 8.92. The van der Waals surface area contributed by atoms with Crippen LogP contribution in [0.3, 0.4) is 0 Å². The lowest BCUT2D eigenvalue weighted by Crippen LogP contribution is -2.35. The topological polar surface area (TPSA) is 43.7 Å². The molecule has 1 aromatic rings. The van der Waals surface area contributed by atoms with Gasteiger partial charge in [-0.3, -0.25) is 4.90 Å². The minimum absolute atomic E-state index is 0.114. The molecule has 1 saturated carbocycles. The molecule has 1 aromatic carbocycles. The second-order valence-corrected chi connectivity index (χ2v) is 5.60. The Bertz CT molecular complexity index is 466. The van der Waals surface area contributed by atoms with Crippen molar-refractivity contribution in [1.82, 2.24) is 4.90 Å². The number of aliphatic hydroxyl groups excluding tert-OH is 2. The van der Waals surface area contributed by atoms with Crippen molar-refractivity contribution in [2.45, 2.75) is 44.7 Å². The van der Waals surface area contributed by atoms with E-state index < -0.39 is 0 Å². The number of hydrogen-bond acceptors (Lipinski definition) is 3. The van der Waals surface area contributed by atoms with Crippen LogP contribution in [0.4, 0.5) is 0 Å². The summed E-state index contributed by atoms with van der Waals surface area (Å²) in [7, 11) is 0. The van der Waals surface area contributed by atoms with Crippen LogP contribution in [-0.2, 0) is 6.54 Å². The summed E-state index contributed by atoms with van der Waals surface area (Å²) in [6.45, 7) is 1.99. The van der Waals surface area contributed by atoms with Crippen molar-refractivity contribution in [3.05, 3.63) is 35.4 Å². The Hall–Kier alpha value is -1.34. The van der Waals surface area contributed by atoms with Crippen molar-refractivity contribution in [2.24, 2.45) is 0 Å². The van der Waals surface area contributed by atoms with Gasteiger partial charge in [0, 0.05) is 31.1 Å². The predicted octanol–water partition coefficient (Wildman–Crippen LogP) is 2.16. The lowest BCUT2D eigenvalue weighted by Gasteiger charge is -2.28. The summed E-state index contributed by atoms with van der Waals surface area (Å²) in [6.07, 6.45) is 5.65. The maximum atomic E-state index is 9.26. The maximum absolute atomic E-state index is 9.26. The van der Waals surface area contributed by atoms with E-state index in [0.29, 0.717) is 12.5 Å². The third-order valence-corrected chi connectivity index (χ3v) is 4.04. The first kappa shape index (κ1) is 16.0. The summed E-state index contributed by atoms with van der Waals surface area (Å²) in [5.74, 6) is 5.98. The number of nitrogens with zero attached hydrogens (tertiary/aromatic N) is 1. The molecule has 0 heterocycles. The zero-order valence-electron chi connectivity index (χ0n) is 12.6. The minimum Gasteiger partial charge on any atom is -0.395 e. The highest BCUT2D eigenvalue weighted by molar-refractivity contribution is 5.36. The Balaban J connectivity index is 1.95. The number of rotatable bonds is 6. The lowest BCUT2D eigenvalue weighted by molar-refractivity contribution is 0.145. The van der Waals surface area contributed by atoms with Gasteiger partial charge >= 0.3 is 0 Å². The lowest BCUT2D eigenvalue weighted by atomic mass is 10.1. The molecule has 0 aliphatic heterocycles. The van der Waals surface area contributed by atoms with Gasteiger partial charge in [0.1, 0.15) is 0 Å². The van der Waals surface area contributed by atoms with Gasteiger partial charge < -0.3 is 10.2 Å². The van der Waals surface area contributed by atoms with Crippen LogP contribution in [0.2, 0.25) is 0 Å². The molecule has 0 unspecified atom stereocenters. The van der Waals surface area contributed by atoms with Gasteiger partial charge in [-0.1, -0.05) is 36.8 Å². The van der Waals surface area contributed by atoms with E-state index in [1.165, 1.54) is 31.2 Å². The molecule has 3 heteroatoms. The Morgan fingerprint density at radius 1 is 1.05 bits per heavy atom. The molecule has 0 bridgehead atoms. The molecule has 0 saturated heterocycles. The van der Waals surface area contributed by atoms with Crippen molar-refractivity contribution < 1.29 is 10.2 Å². The first-order valence-corrected chi connectivity index (χ1v) is 7.87. The van der Waals surface area contributed by atoms with Crippen molar-refractivity contribution in [3.8, 4) is 11.8 Å². The van der Waals surface area contributed by atoms with Crippen molar-refractivity contribution >= 4 is 0 Å². The molecule has 114 valence electrons. The monoisotopic (exact) mass is 287 g/mol. The summed E-state index contributed by atoms with van der Waals surface area (Å²) >= 11 is 0. The van der Waals surface area contributed by atoms with Crippen molar-refractivity contribution in [3.63, 3.8) is 0 Å². The predicted molar refractivity (Wildman–Crippen MR) is 84.8 cm³/mol. The van der Waals surface area contributed by atoms with E-state index in [1.807, 2.05) is 12.1 Å². The Morgan fingerprint density at radius 3 is 2.38 bits per heavy atom. The van der Waals surface area contributed by atoms with Crippen LogP contribution in [0.15, 0.2) is 24.3 Å². The molecule has 2 N–H and O–H groups in total. The van der Waals surface area contributed by atoms with E-state index in [4.69, 9.17) is 5.11 Å². The van der Waals surface area contributed by atoms with Crippen LogP contribution in [0.1, 0.15) is 43.2 Å². The van der Waals surface area contributed by atoms with Crippen LogP contribution < -0.4 is 0 Å². The first-order valence-electron chi connectivity index (χ1n) is 7.87. The Kier molecular flexibility index (Phi) is 6.75. The van der Waals surface area contributed by atoms with E-state index in [2.05, 4.69) is 28.9 Å². The average Bonchev–Trinajstić information content (AvgIpc) is 3.03. The Labute approximate surface area is 127 Å². The highest BCUT2D eigenvalue weighted by Gasteiger charge is 2.21. The van der Waals surface area contributed by atoms with Crippen molar-refractivity contribution in [1.29, 1.82) is 0 Å². The molecular weight excluding hydrogens is 262 g/mol.